The highest BCUT2D eigenvalue weighted by Crippen LogP contribution is 2.19. The fourth-order valence-electron chi connectivity index (χ4n) is 1.78. The molecule has 0 bridgehead atoms. The van der Waals surface area contributed by atoms with Gasteiger partial charge >= 0.3 is 0 Å². The van der Waals surface area contributed by atoms with Crippen molar-refractivity contribution >= 4 is 5.91 Å². The molecule has 0 aliphatic heterocycles. The van der Waals surface area contributed by atoms with E-state index in [9.17, 15) is 4.79 Å². The predicted molar refractivity (Wildman–Crippen MR) is 81.5 cm³/mol. The largest absolute Gasteiger partial charge is 0.494 e. The average Bonchev–Trinajstić information content (AvgIpc) is 2.52. The number of amides is 1. The number of ether oxygens (including phenoxy) is 2. The molecule has 0 spiro atoms. The van der Waals surface area contributed by atoms with Gasteiger partial charge in [-0.25, -0.2) is 0 Å². The van der Waals surface area contributed by atoms with E-state index in [1.54, 1.807) is 12.1 Å². The molecule has 0 aliphatic carbocycles. The van der Waals surface area contributed by atoms with Crippen LogP contribution in [0.1, 0.15) is 29.3 Å². The third-order valence-electron chi connectivity index (χ3n) is 2.94. The summed E-state index contributed by atoms with van der Waals surface area (Å²) in [6, 6.07) is 14.6. The van der Waals surface area contributed by atoms with Gasteiger partial charge in [-0.05, 0) is 48.4 Å². The first-order valence-electron chi connectivity index (χ1n) is 6.93. The Balaban J connectivity index is 1.88. The van der Waals surface area contributed by atoms with E-state index in [1.165, 1.54) is 0 Å². The summed E-state index contributed by atoms with van der Waals surface area (Å²) in [5, 5.41) is 0. The molecule has 4 heteroatoms. The van der Waals surface area contributed by atoms with E-state index in [-0.39, 0.29) is 0 Å². The Morgan fingerprint density at radius 1 is 0.952 bits per heavy atom. The van der Waals surface area contributed by atoms with Gasteiger partial charge < -0.3 is 15.2 Å². The molecule has 0 radical (unpaired) electrons. The average molecular weight is 285 g/mol. The van der Waals surface area contributed by atoms with Crippen LogP contribution in [0, 0.1) is 0 Å². The van der Waals surface area contributed by atoms with Gasteiger partial charge in [0.25, 0.3) is 0 Å². The second kappa shape index (κ2) is 7.33. The van der Waals surface area contributed by atoms with Gasteiger partial charge in [0.2, 0.25) is 5.91 Å². The molecule has 0 aromatic heterocycles. The minimum absolute atomic E-state index is 0.426. The number of primary amides is 1. The van der Waals surface area contributed by atoms with Crippen molar-refractivity contribution in [1.82, 2.24) is 0 Å². The molecule has 0 saturated heterocycles. The highest BCUT2D eigenvalue weighted by molar-refractivity contribution is 5.92. The number of benzene rings is 2. The molecule has 0 atom stereocenters. The highest BCUT2D eigenvalue weighted by Gasteiger charge is 2.01. The molecular formula is C17H19NO3. The van der Waals surface area contributed by atoms with Gasteiger partial charge in [0, 0.05) is 5.56 Å². The zero-order valence-corrected chi connectivity index (χ0v) is 12.0. The summed E-state index contributed by atoms with van der Waals surface area (Å²) in [5.74, 6) is 1.19. The lowest BCUT2D eigenvalue weighted by Gasteiger charge is -2.08. The van der Waals surface area contributed by atoms with Crippen LogP contribution in [0.5, 0.6) is 11.5 Å². The summed E-state index contributed by atoms with van der Waals surface area (Å²) >= 11 is 0. The van der Waals surface area contributed by atoms with Crippen molar-refractivity contribution in [3.63, 3.8) is 0 Å². The van der Waals surface area contributed by atoms with E-state index in [1.807, 2.05) is 36.4 Å². The Kier molecular flexibility index (Phi) is 5.21. The molecule has 110 valence electrons. The smallest absolute Gasteiger partial charge is 0.248 e. The fourth-order valence-corrected chi connectivity index (χ4v) is 1.78. The van der Waals surface area contributed by atoms with Crippen molar-refractivity contribution < 1.29 is 14.3 Å². The standard InChI is InChI=1S/C17H19NO3/c1-2-11-20-15-7-9-16(10-8-15)21-12-13-3-5-14(6-4-13)17(18)19/h3-10H,2,11-12H2,1H3,(H2,18,19). The van der Waals surface area contributed by atoms with Gasteiger partial charge in [0.1, 0.15) is 18.1 Å². The molecule has 2 aromatic rings. The lowest BCUT2D eigenvalue weighted by molar-refractivity contribution is 0.1000. The fraction of sp³-hybridized carbons (Fsp3) is 0.235. The molecule has 0 unspecified atom stereocenters. The summed E-state index contributed by atoms with van der Waals surface area (Å²) in [6.45, 7) is 3.22. The summed E-state index contributed by atoms with van der Waals surface area (Å²) < 4.78 is 11.2. The van der Waals surface area contributed by atoms with Gasteiger partial charge in [-0.2, -0.15) is 0 Å². The SMILES string of the molecule is CCCOc1ccc(OCc2ccc(C(N)=O)cc2)cc1. The summed E-state index contributed by atoms with van der Waals surface area (Å²) in [5.41, 5.74) is 6.67. The summed E-state index contributed by atoms with van der Waals surface area (Å²) in [7, 11) is 0. The lowest BCUT2D eigenvalue weighted by Crippen LogP contribution is -2.10. The quantitative estimate of drug-likeness (QED) is 0.850. The van der Waals surface area contributed by atoms with Crippen LogP contribution in [-0.4, -0.2) is 12.5 Å². The van der Waals surface area contributed by atoms with Crippen LogP contribution in [0.4, 0.5) is 0 Å². The molecule has 0 heterocycles. The van der Waals surface area contributed by atoms with Crippen LogP contribution < -0.4 is 15.2 Å². The van der Waals surface area contributed by atoms with E-state index in [4.69, 9.17) is 15.2 Å². The Labute approximate surface area is 124 Å². The number of nitrogens with two attached hydrogens (primary N) is 1. The van der Waals surface area contributed by atoms with Crippen molar-refractivity contribution in [2.45, 2.75) is 20.0 Å². The minimum atomic E-state index is -0.426. The maximum absolute atomic E-state index is 11.0. The lowest BCUT2D eigenvalue weighted by atomic mass is 10.1. The normalized spacial score (nSPS) is 10.1. The second-order valence-electron chi connectivity index (χ2n) is 4.67. The first kappa shape index (κ1) is 14.9. The Morgan fingerprint density at radius 2 is 1.52 bits per heavy atom. The van der Waals surface area contributed by atoms with Crippen LogP contribution in [0.15, 0.2) is 48.5 Å². The van der Waals surface area contributed by atoms with Crippen molar-refractivity contribution in [2.75, 3.05) is 6.61 Å². The first-order chi connectivity index (χ1) is 10.2. The van der Waals surface area contributed by atoms with Crippen LogP contribution in [0.25, 0.3) is 0 Å². The van der Waals surface area contributed by atoms with Crippen LogP contribution in [0.2, 0.25) is 0 Å². The number of carbonyl (C=O) groups excluding carboxylic acids is 1. The maximum Gasteiger partial charge on any atom is 0.248 e. The number of hydrogen-bond donors (Lipinski definition) is 1. The van der Waals surface area contributed by atoms with E-state index >= 15 is 0 Å². The van der Waals surface area contributed by atoms with E-state index < -0.39 is 5.91 Å². The van der Waals surface area contributed by atoms with Gasteiger partial charge in [-0.1, -0.05) is 19.1 Å². The number of carbonyl (C=O) groups is 1. The monoisotopic (exact) mass is 285 g/mol. The molecule has 0 aliphatic rings. The molecule has 2 rings (SSSR count). The third kappa shape index (κ3) is 4.53. The van der Waals surface area contributed by atoms with E-state index in [0.717, 1.165) is 23.5 Å². The van der Waals surface area contributed by atoms with Crippen LogP contribution in [-0.2, 0) is 6.61 Å². The Morgan fingerprint density at radius 3 is 2.05 bits per heavy atom. The zero-order valence-electron chi connectivity index (χ0n) is 12.0. The van der Waals surface area contributed by atoms with Crippen LogP contribution >= 0.6 is 0 Å². The molecule has 0 fully saturated rings. The molecule has 1 amide bonds. The van der Waals surface area contributed by atoms with Gasteiger partial charge in [-0.15, -0.1) is 0 Å². The molecule has 21 heavy (non-hydrogen) atoms. The van der Waals surface area contributed by atoms with Crippen molar-refractivity contribution in [2.24, 2.45) is 5.73 Å². The van der Waals surface area contributed by atoms with Crippen molar-refractivity contribution in [3.05, 3.63) is 59.7 Å². The van der Waals surface area contributed by atoms with Gasteiger partial charge in [0.15, 0.2) is 0 Å². The second-order valence-corrected chi connectivity index (χ2v) is 4.67. The minimum Gasteiger partial charge on any atom is -0.494 e. The Bertz CT molecular complexity index is 576. The van der Waals surface area contributed by atoms with E-state index in [2.05, 4.69) is 6.92 Å². The highest BCUT2D eigenvalue weighted by atomic mass is 16.5. The third-order valence-corrected chi connectivity index (χ3v) is 2.94. The molecule has 2 N–H and O–H groups in total. The molecule has 2 aromatic carbocycles. The summed E-state index contributed by atoms with van der Waals surface area (Å²) in [4.78, 5) is 11.0. The molecular weight excluding hydrogens is 266 g/mol. The van der Waals surface area contributed by atoms with Crippen molar-refractivity contribution in [1.29, 1.82) is 0 Å². The van der Waals surface area contributed by atoms with E-state index in [0.29, 0.717) is 18.8 Å². The number of rotatable bonds is 7. The van der Waals surface area contributed by atoms with Gasteiger partial charge in [-0.3, -0.25) is 4.79 Å². The first-order valence-corrected chi connectivity index (χ1v) is 6.93. The Hall–Kier alpha value is -2.49. The van der Waals surface area contributed by atoms with Gasteiger partial charge in [0.05, 0.1) is 6.61 Å². The van der Waals surface area contributed by atoms with Crippen molar-refractivity contribution in [3.8, 4) is 11.5 Å². The maximum atomic E-state index is 11.0. The topological polar surface area (TPSA) is 61.6 Å². The summed E-state index contributed by atoms with van der Waals surface area (Å²) in [6.07, 6.45) is 0.986. The van der Waals surface area contributed by atoms with Crippen LogP contribution in [0.3, 0.4) is 0 Å². The molecule has 0 saturated carbocycles. The number of hydrogen-bond acceptors (Lipinski definition) is 3. The zero-order chi connectivity index (χ0) is 15.1. The predicted octanol–water partition coefficient (Wildman–Crippen LogP) is 3.15. The molecule has 4 nitrogen and oxygen atoms in total.